The zero-order chi connectivity index (χ0) is 23.2. The van der Waals surface area contributed by atoms with Crippen LogP contribution in [0.1, 0.15) is 60.8 Å². The number of rotatable bonds is 5. The van der Waals surface area contributed by atoms with Crippen molar-refractivity contribution < 1.29 is 8.78 Å². The van der Waals surface area contributed by atoms with E-state index in [9.17, 15) is 8.78 Å². The van der Waals surface area contributed by atoms with Gasteiger partial charge in [-0.15, -0.1) is 6.58 Å². The van der Waals surface area contributed by atoms with Gasteiger partial charge < -0.3 is 0 Å². The van der Waals surface area contributed by atoms with Crippen LogP contribution in [0.2, 0.25) is 0 Å². The highest BCUT2D eigenvalue weighted by Crippen LogP contribution is 2.33. The number of aryl methyl sites for hydroxylation is 1. The van der Waals surface area contributed by atoms with Gasteiger partial charge in [-0.2, -0.15) is 5.26 Å². The molecule has 166 valence electrons. The summed E-state index contributed by atoms with van der Waals surface area (Å²) in [4.78, 5) is 0. The van der Waals surface area contributed by atoms with E-state index in [1.54, 1.807) is 6.07 Å². The van der Waals surface area contributed by atoms with Crippen LogP contribution in [0.15, 0.2) is 61.2 Å². The Hall–Kier alpha value is -3.43. The Bertz CT molecular complexity index is 1260. The van der Waals surface area contributed by atoms with Crippen LogP contribution in [0.5, 0.6) is 0 Å². The predicted molar refractivity (Wildman–Crippen MR) is 130 cm³/mol. The lowest BCUT2D eigenvalue weighted by Gasteiger charge is -2.27. The normalized spacial score (nSPS) is 17.7. The quantitative estimate of drug-likeness (QED) is 0.295. The molecule has 0 atom stereocenters. The van der Waals surface area contributed by atoms with E-state index >= 15 is 0 Å². The number of nitrogens with zero attached hydrogens (tertiary/aromatic N) is 1. The number of hydrogen-bond donors (Lipinski definition) is 0. The zero-order valence-corrected chi connectivity index (χ0v) is 18.7. The highest BCUT2D eigenvalue weighted by atomic mass is 19.2. The van der Waals surface area contributed by atoms with E-state index < -0.39 is 11.6 Å². The third-order valence-corrected chi connectivity index (χ3v) is 6.79. The van der Waals surface area contributed by atoms with E-state index in [-0.39, 0.29) is 11.1 Å². The summed E-state index contributed by atoms with van der Waals surface area (Å²) in [7, 11) is 0. The van der Waals surface area contributed by atoms with E-state index in [0.29, 0.717) is 0 Å². The summed E-state index contributed by atoms with van der Waals surface area (Å²) in [5.41, 5.74) is 1.72. The van der Waals surface area contributed by atoms with E-state index in [1.807, 2.05) is 12.1 Å². The maximum atomic E-state index is 14.2. The lowest BCUT2D eigenvalue weighted by molar-refractivity contribution is 0.265. The lowest BCUT2D eigenvalue weighted by Crippen LogP contribution is -2.14. The van der Waals surface area contributed by atoms with Gasteiger partial charge in [-0.25, -0.2) is 8.78 Å². The van der Waals surface area contributed by atoms with Gasteiger partial charge >= 0.3 is 0 Å². The van der Waals surface area contributed by atoms with Gasteiger partial charge in [0.25, 0.3) is 0 Å². The maximum Gasteiger partial charge on any atom is 0.177 e. The molecule has 0 saturated heterocycles. The second-order valence-corrected chi connectivity index (χ2v) is 8.96. The highest BCUT2D eigenvalue weighted by molar-refractivity contribution is 5.88. The first-order valence-electron chi connectivity index (χ1n) is 11.6. The maximum absolute atomic E-state index is 14.2. The fourth-order valence-corrected chi connectivity index (χ4v) is 4.83. The summed E-state index contributed by atoms with van der Waals surface area (Å²) in [6.45, 7) is 3.87. The Labute approximate surface area is 194 Å². The Morgan fingerprint density at radius 3 is 2.33 bits per heavy atom. The number of nitriles is 1. The molecule has 1 nitrogen and oxygen atoms in total. The molecule has 1 saturated carbocycles. The monoisotopic (exact) mass is 439 g/mol. The van der Waals surface area contributed by atoms with E-state index in [1.165, 1.54) is 49.8 Å². The Balaban J connectivity index is 1.48. The summed E-state index contributed by atoms with van der Waals surface area (Å²) >= 11 is 0. The molecule has 3 heteroatoms. The molecule has 0 aliphatic heterocycles. The third-order valence-electron chi connectivity index (χ3n) is 6.79. The predicted octanol–water partition coefficient (Wildman–Crippen LogP) is 7.70. The third kappa shape index (κ3) is 5.32. The molecule has 0 N–H and O–H groups in total. The molecule has 0 bridgehead atoms. The molecule has 0 amide bonds. The summed E-state index contributed by atoms with van der Waals surface area (Å²) in [6, 6.07) is 16.6. The molecule has 0 aromatic heterocycles. The number of halogens is 2. The second-order valence-electron chi connectivity index (χ2n) is 8.96. The zero-order valence-electron chi connectivity index (χ0n) is 18.7. The van der Waals surface area contributed by atoms with Gasteiger partial charge in [0.15, 0.2) is 11.6 Å². The molecular weight excluding hydrogens is 412 g/mol. The first-order chi connectivity index (χ1) is 16.1. The van der Waals surface area contributed by atoms with Crippen molar-refractivity contribution in [1.82, 2.24) is 0 Å². The average Bonchev–Trinajstić information content (AvgIpc) is 2.84. The van der Waals surface area contributed by atoms with Gasteiger partial charge in [0, 0.05) is 5.56 Å². The fraction of sp³-hybridized carbons (Fsp3) is 0.300. The number of benzene rings is 3. The van der Waals surface area contributed by atoms with Gasteiger partial charge in [0.1, 0.15) is 6.07 Å². The van der Waals surface area contributed by atoms with Gasteiger partial charge in [-0.3, -0.25) is 0 Å². The van der Waals surface area contributed by atoms with Crippen molar-refractivity contribution in [3.8, 4) is 17.9 Å². The summed E-state index contributed by atoms with van der Waals surface area (Å²) in [6.07, 6.45) is 10.8. The van der Waals surface area contributed by atoms with Crippen molar-refractivity contribution in [2.75, 3.05) is 0 Å². The summed E-state index contributed by atoms with van der Waals surface area (Å²) in [5.74, 6) is 5.11. The molecule has 1 fully saturated rings. The second kappa shape index (κ2) is 10.5. The van der Waals surface area contributed by atoms with Crippen molar-refractivity contribution in [2.45, 2.75) is 44.9 Å². The van der Waals surface area contributed by atoms with Crippen molar-refractivity contribution in [3.05, 3.63) is 95.1 Å². The Kier molecular flexibility index (Phi) is 7.21. The van der Waals surface area contributed by atoms with Gasteiger partial charge in [0.2, 0.25) is 0 Å². The molecule has 1 aliphatic rings. The minimum Gasteiger partial charge on any atom is -0.202 e. The van der Waals surface area contributed by atoms with Crippen molar-refractivity contribution in [3.63, 3.8) is 0 Å². The first kappa shape index (κ1) is 22.8. The van der Waals surface area contributed by atoms with E-state index in [0.717, 1.165) is 41.0 Å². The molecule has 0 radical (unpaired) electrons. The minimum atomic E-state index is -1.15. The smallest absolute Gasteiger partial charge is 0.177 e. The molecule has 1 aliphatic carbocycles. The Morgan fingerprint density at radius 1 is 0.879 bits per heavy atom. The molecule has 0 spiro atoms. The van der Waals surface area contributed by atoms with Crippen molar-refractivity contribution in [2.24, 2.45) is 11.8 Å². The van der Waals surface area contributed by atoms with Gasteiger partial charge in [-0.1, -0.05) is 61.1 Å². The lowest BCUT2D eigenvalue weighted by atomic mass is 9.78. The molecule has 4 rings (SSSR count). The Morgan fingerprint density at radius 2 is 1.58 bits per heavy atom. The van der Waals surface area contributed by atoms with E-state index in [4.69, 9.17) is 5.26 Å². The van der Waals surface area contributed by atoms with Crippen LogP contribution >= 0.6 is 0 Å². The molecular formula is C30H27F2N. The van der Waals surface area contributed by atoms with Crippen LogP contribution in [0.3, 0.4) is 0 Å². The largest absolute Gasteiger partial charge is 0.202 e. The molecule has 0 unspecified atom stereocenters. The molecule has 0 heterocycles. The SMILES string of the molecule is C=CCC1CCC(CCc2ccc3c(C#Cc4ccc(C#N)c(F)c4F)cccc3c2)CC1. The molecule has 33 heavy (non-hydrogen) atoms. The fourth-order valence-electron chi connectivity index (χ4n) is 4.83. The number of hydrogen-bond acceptors (Lipinski definition) is 1. The average molecular weight is 440 g/mol. The van der Waals surface area contributed by atoms with Crippen LogP contribution in [0.4, 0.5) is 8.78 Å². The molecule has 3 aromatic carbocycles. The van der Waals surface area contributed by atoms with Crippen LogP contribution in [-0.4, -0.2) is 0 Å². The number of fused-ring (bicyclic) bond motifs is 1. The molecule has 3 aromatic rings. The van der Waals surface area contributed by atoms with Crippen LogP contribution < -0.4 is 0 Å². The van der Waals surface area contributed by atoms with Gasteiger partial charge in [-0.05, 0) is 78.5 Å². The van der Waals surface area contributed by atoms with Crippen LogP contribution in [0, 0.1) is 46.6 Å². The highest BCUT2D eigenvalue weighted by Gasteiger charge is 2.20. The van der Waals surface area contributed by atoms with Crippen molar-refractivity contribution >= 4 is 10.8 Å². The van der Waals surface area contributed by atoms with Crippen LogP contribution in [-0.2, 0) is 6.42 Å². The first-order valence-corrected chi connectivity index (χ1v) is 11.6. The minimum absolute atomic E-state index is 0.0528. The number of allylic oxidation sites excluding steroid dienone is 1. The summed E-state index contributed by atoms with van der Waals surface area (Å²) < 4.78 is 28.1. The summed E-state index contributed by atoms with van der Waals surface area (Å²) in [5, 5.41) is 10.9. The van der Waals surface area contributed by atoms with E-state index in [2.05, 4.69) is 48.8 Å². The van der Waals surface area contributed by atoms with Crippen LogP contribution in [0.25, 0.3) is 10.8 Å². The topological polar surface area (TPSA) is 23.8 Å². The standard InChI is InChI=1S/C30H27F2N/c1-2-4-21-7-9-22(10-8-21)11-12-23-13-18-28-24(5-3-6-26(28)19-23)14-15-25-16-17-27(20-33)30(32)29(25)31/h2-3,5-6,13,16-19,21-22H,1,4,7-12H2. The van der Waals surface area contributed by atoms with Crippen molar-refractivity contribution in [1.29, 1.82) is 5.26 Å². The van der Waals surface area contributed by atoms with Gasteiger partial charge in [0.05, 0.1) is 11.1 Å².